The van der Waals surface area contributed by atoms with Gasteiger partial charge in [-0.1, -0.05) is 12.2 Å². The smallest absolute Gasteiger partial charge is 0.308 e. The third-order valence-electron chi connectivity index (χ3n) is 3.82. The van der Waals surface area contributed by atoms with Crippen LogP contribution in [-0.2, 0) is 9.59 Å². The van der Waals surface area contributed by atoms with Crippen LogP contribution in [0.25, 0.3) is 0 Å². The van der Waals surface area contributed by atoms with Gasteiger partial charge in [0.25, 0.3) is 0 Å². The highest BCUT2D eigenvalue weighted by Gasteiger charge is 2.34. The van der Waals surface area contributed by atoms with E-state index in [0.29, 0.717) is 11.5 Å². The van der Waals surface area contributed by atoms with Crippen molar-refractivity contribution in [3.63, 3.8) is 0 Å². The maximum absolute atomic E-state index is 11.2. The van der Waals surface area contributed by atoms with Crippen molar-refractivity contribution in [2.45, 2.75) is 38.5 Å². The number of carbonyl (C=O) groups excluding carboxylic acids is 2. The molecule has 2 bridgehead atoms. The summed E-state index contributed by atoms with van der Waals surface area (Å²) < 4.78 is 10.6. The third kappa shape index (κ3) is 2.11. The largest absolute Gasteiger partial charge is 0.426 e. The molecule has 0 amide bonds. The van der Waals surface area contributed by atoms with Crippen LogP contribution in [0.1, 0.15) is 49.7 Å². The van der Waals surface area contributed by atoms with E-state index in [0.717, 1.165) is 24.0 Å². The van der Waals surface area contributed by atoms with Gasteiger partial charge in [-0.15, -0.1) is 0 Å². The second kappa shape index (κ2) is 4.78. The Bertz CT molecular complexity index is 562. The number of esters is 2. The highest BCUT2D eigenvalue weighted by Crippen LogP contribution is 2.52. The summed E-state index contributed by atoms with van der Waals surface area (Å²) in [4.78, 5) is 22.5. The van der Waals surface area contributed by atoms with Gasteiger partial charge in [0.05, 0.1) is 0 Å². The highest BCUT2D eigenvalue weighted by molar-refractivity contribution is 5.73. The Morgan fingerprint density at radius 1 is 0.900 bits per heavy atom. The summed E-state index contributed by atoms with van der Waals surface area (Å²) >= 11 is 0. The molecule has 4 nitrogen and oxygen atoms in total. The Balaban J connectivity index is 2.13. The van der Waals surface area contributed by atoms with Crippen molar-refractivity contribution in [3.8, 4) is 11.5 Å². The summed E-state index contributed by atoms with van der Waals surface area (Å²) in [5.41, 5.74) is 2.00. The highest BCUT2D eigenvalue weighted by atomic mass is 16.5. The molecule has 1 aromatic carbocycles. The lowest BCUT2D eigenvalue weighted by Gasteiger charge is -2.35. The molecule has 0 radical (unpaired) electrons. The number of carbonyl (C=O) groups is 2. The summed E-state index contributed by atoms with van der Waals surface area (Å²) in [6.45, 7) is 2.78. The van der Waals surface area contributed by atoms with Gasteiger partial charge in [0.1, 0.15) is 11.5 Å². The molecule has 0 aliphatic heterocycles. The van der Waals surface area contributed by atoms with Gasteiger partial charge in [-0.2, -0.15) is 0 Å². The third-order valence-corrected chi connectivity index (χ3v) is 3.82. The van der Waals surface area contributed by atoms with Crippen LogP contribution < -0.4 is 9.47 Å². The zero-order valence-electron chi connectivity index (χ0n) is 11.5. The van der Waals surface area contributed by atoms with Gasteiger partial charge in [-0.3, -0.25) is 9.59 Å². The summed E-state index contributed by atoms with van der Waals surface area (Å²) in [7, 11) is 0. The fourth-order valence-electron chi connectivity index (χ4n) is 3.15. The Hall–Kier alpha value is -2.10. The van der Waals surface area contributed by atoms with Gasteiger partial charge in [0.15, 0.2) is 0 Å². The standard InChI is InChI=1S/C16H16O4/c1-9(17)19-13-7-8-14(20-10(2)18)16-12-5-3-11(4-6-12)15(13)16/h3,5,7-8,11-12H,4,6H2,1-2H3/t11-,12-/m0/s1. The van der Waals surface area contributed by atoms with Crippen LogP contribution in [0.15, 0.2) is 24.3 Å². The molecule has 20 heavy (non-hydrogen) atoms. The van der Waals surface area contributed by atoms with Gasteiger partial charge in [-0.05, 0) is 25.0 Å². The number of hydrogen-bond donors (Lipinski definition) is 0. The molecule has 0 unspecified atom stereocenters. The van der Waals surface area contributed by atoms with E-state index in [2.05, 4.69) is 12.2 Å². The predicted octanol–water partition coefficient (Wildman–Crippen LogP) is 3.07. The lowest BCUT2D eigenvalue weighted by molar-refractivity contribution is -0.133. The minimum absolute atomic E-state index is 0.236. The molecule has 3 aliphatic rings. The summed E-state index contributed by atoms with van der Waals surface area (Å²) in [6, 6.07) is 3.43. The Labute approximate surface area is 117 Å². The van der Waals surface area contributed by atoms with Crippen molar-refractivity contribution in [2.75, 3.05) is 0 Å². The van der Waals surface area contributed by atoms with E-state index in [1.165, 1.54) is 13.8 Å². The molecule has 3 aliphatic carbocycles. The Kier molecular flexibility index (Phi) is 3.08. The molecule has 0 spiro atoms. The molecule has 0 saturated heterocycles. The molecule has 0 saturated carbocycles. The van der Waals surface area contributed by atoms with Crippen LogP contribution in [0, 0.1) is 0 Å². The van der Waals surface area contributed by atoms with Crippen LogP contribution >= 0.6 is 0 Å². The van der Waals surface area contributed by atoms with E-state index in [4.69, 9.17) is 9.47 Å². The lowest BCUT2D eigenvalue weighted by atomic mass is 9.71. The summed E-state index contributed by atoms with van der Waals surface area (Å²) in [5, 5.41) is 0. The van der Waals surface area contributed by atoms with Crippen molar-refractivity contribution in [3.05, 3.63) is 35.4 Å². The molecule has 104 valence electrons. The van der Waals surface area contributed by atoms with Crippen molar-refractivity contribution >= 4 is 11.9 Å². The molecule has 0 fully saturated rings. The molecule has 4 rings (SSSR count). The number of hydrogen-bond acceptors (Lipinski definition) is 4. The van der Waals surface area contributed by atoms with Crippen molar-refractivity contribution in [1.82, 2.24) is 0 Å². The first-order valence-electron chi connectivity index (χ1n) is 6.78. The molecule has 0 heterocycles. The van der Waals surface area contributed by atoms with Crippen LogP contribution in [0.3, 0.4) is 0 Å². The average molecular weight is 272 g/mol. The number of allylic oxidation sites excluding steroid dienone is 2. The Morgan fingerprint density at radius 3 is 1.60 bits per heavy atom. The van der Waals surface area contributed by atoms with Crippen molar-refractivity contribution in [2.24, 2.45) is 0 Å². The first-order chi connectivity index (χ1) is 9.56. The number of fused-ring (bicyclic) bond motifs is 1. The molecule has 4 heteroatoms. The van der Waals surface area contributed by atoms with Gasteiger partial charge in [-0.25, -0.2) is 0 Å². The van der Waals surface area contributed by atoms with Crippen LogP contribution in [0.5, 0.6) is 11.5 Å². The SMILES string of the molecule is CC(=O)Oc1ccc(OC(C)=O)c2c1[C@H]1C=C[C@H]2CC1. The van der Waals surface area contributed by atoms with Gasteiger partial charge >= 0.3 is 11.9 Å². The topological polar surface area (TPSA) is 52.6 Å². The van der Waals surface area contributed by atoms with E-state index in [1.807, 2.05) is 0 Å². The quantitative estimate of drug-likeness (QED) is 0.471. The number of ether oxygens (including phenoxy) is 2. The predicted molar refractivity (Wildman–Crippen MR) is 72.9 cm³/mol. The van der Waals surface area contributed by atoms with Gasteiger partial charge < -0.3 is 9.47 Å². The molecule has 1 aromatic rings. The lowest BCUT2D eigenvalue weighted by Crippen LogP contribution is -2.21. The van der Waals surface area contributed by atoms with E-state index in [-0.39, 0.29) is 23.8 Å². The molecule has 0 N–H and O–H groups in total. The summed E-state index contributed by atoms with van der Waals surface area (Å²) in [6.07, 6.45) is 6.37. The van der Waals surface area contributed by atoms with Gasteiger partial charge in [0.2, 0.25) is 0 Å². The Morgan fingerprint density at radius 2 is 1.30 bits per heavy atom. The van der Waals surface area contributed by atoms with Crippen LogP contribution in [0.4, 0.5) is 0 Å². The maximum Gasteiger partial charge on any atom is 0.308 e. The number of rotatable bonds is 2. The second-order valence-corrected chi connectivity index (χ2v) is 5.25. The minimum atomic E-state index is -0.335. The molecular weight excluding hydrogens is 256 g/mol. The molecular formula is C16H16O4. The van der Waals surface area contributed by atoms with Crippen molar-refractivity contribution < 1.29 is 19.1 Å². The first kappa shape index (κ1) is 12.9. The van der Waals surface area contributed by atoms with Crippen LogP contribution in [-0.4, -0.2) is 11.9 Å². The first-order valence-corrected chi connectivity index (χ1v) is 6.78. The minimum Gasteiger partial charge on any atom is -0.426 e. The average Bonchev–Trinajstić information content (AvgIpc) is 2.41. The van der Waals surface area contributed by atoms with Gasteiger partial charge in [0, 0.05) is 36.8 Å². The molecule has 0 aromatic heterocycles. The maximum atomic E-state index is 11.2. The van der Waals surface area contributed by atoms with E-state index < -0.39 is 0 Å². The normalized spacial score (nSPS) is 22.3. The second-order valence-electron chi connectivity index (χ2n) is 5.25. The van der Waals surface area contributed by atoms with Crippen LogP contribution in [0.2, 0.25) is 0 Å². The van der Waals surface area contributed by atoms with E-state index in [1.54, 1.807) is 12.1 Å². The monoisotopic (exact) mass is 272 g/mol. The zero-order chi connectivity index (χ0) is 14.3. The number of benzene rings is 1. The zero-order valence-corrected chi connectivity index (χ0v) is 11.5. The molecule has 2 atom stereocenters. The van der Waals surface area contributed by atoms with E-state index >= 15 is 0 Å². The van der Waals surface area contributed by atoms with Crippen molar-refractivity contribution in [1.29, 1.82) is 0 Å². The fourth-order valence-corrected chi connectivity index (χ4v) is 3.15. The van der Waals surface area contributed by atoms with E-state index in [9.17, 15) is 9.59 Å². The summed E-state index contributed by atoms with van der Waals surface area (Å²) in [5.74, 6) is 0.973. The fraction of sp³-hybridized carbons (Fsp3) is 0.375.